The summed E-state index contributed by atoms with van der Waals surface area (Å²) in [5, 5.41) is 3.75. The SMILES string of the molecule is O=C(NC1CCC2(CC1)CCN(c1ccccc1Cl)C2=O)c1cccc2nccnc12. The minimum absolute atomic E-state index is 0.0483. The first-order chi connectivity index (χ1) is 15.1. The molecule has 2 fully saturated rings. The molecule has 1 spiro atoms. The molecule has 0 radical (unpaired) electrons. The Kier molecular flexibility index (Phi) is 5.10. The van der Waals surface area contributed by atoms with Crippen molar-refractivity contribution >= 4 is 40.1 Å². The van der Waals surface area contributed by atoms with E-state index in [0.717, 1.165) is 37.8 Å². The van der Waals surface area contributed by atoms with Crippen LogP contribution < -0.4 is 10.2 Å². The number of rotatable bonds is 3. The highest BCUT2D eigenvalue weighted by Crippen LogP contribution is 2.47. The average molecular weight is 435 g/mol. The predicted molar refractivity (Wildman–Crippen MR) is 120 cm³/mol. The number of halogens is 1. The predicted octanol–water partition coefficient (Wildman–Crippen LogP) is 4.38. The molecule has 2 aromatic carbocycles. The zero-order valence-corrected chi connectivity index (χ0v) is 17.8. The fraction of sp³-hybridized carbons (Fsp3) is 0.333. The van der Waals surface area contributed by atoms with Gasteiger partial charge < -0.3 is 10.2 Å². The van der Waals surface area contributed by atoms with E-state index in [1.807, 2.05) is 41.3 Å². The first-order valence-corrected chi connectivity index (χ1v) is 11.0. The molecule has 0 bridgehead atoms. The third-order valence-corrected chi connectivity index (χ3v) is 7.00. The van der Waals surface area contributed by atoms with Crippen LogP contribution in [0.4, 0.5) is 5.69 Å². The molecule has 0 unspecified atom stereocenters. The summed E-state index contributed by atoms with van der Waals surface area (Å²) in [4.78, 5) is 36.6. The van der Waals surface area contributed by atoms with Gasteiger partial charge in [-0.15, -0.1) is 0 Å². The van der Waals surface area contributed by atoms with Gasteiger partial charge in [-0.05, 0) is 56.4 Å². The maximum absolute atomic E-state index is 13.3. The molecule has 5 rings (SSSR count). The third-order valence-electron chi connectivity index (χ3n) is 6.68. The van der Waals surface area contributed by atoms with E-state index in [2.05, 4.69) is 15.3 Å². The Morgan fingerprint density at radius 3 is 2.61 bits per heavy atom. The van der Waals surface area contributed by atoms with Gasteiger partial charge in [-0.25, -0.2) is 0 Å². The highest BCUT2D eigenvalue weighted by Gasteiger charge is 2.49. The number of amides is 2. The summed E-state index contributed by atoms with van der Waals surface area (Å²) in [6.07, 6.45) is 7.15. The summed E-state index contributed by atoms with van der Waals surface area (Å²) in [5.41, 5.74) is 2.29. The first-order valence-electron chi connectivity index (χ1n) is 10.6. The molecule has 2 heterocycles. The average Bonchev–Trinajstić information content (AvgIpc) is 3.11. The van der Waals surface area contributed by atoms with Crippen LogP contribution in [-0.2, 0) is 4.79 Å². The molecule has 7 heteroatoms. The maximum atomic E-state index is 13.3. The minimum Gasteiger partial charge on any atom is -0.349 e. The molecule has 1 aliphatic heterocycles. The molecule has 1 aromatic heterocycles. The quantitative estimate of drug-likeness (QED) is 0.663. The molecular weight excluding hydrogens is 412 g/mol. The number of fused-ring (bicyclic) bond motifs is 1. The lowest BCUT2D eigenvalue weighted by molar-refractivity contribution is -0.127. The smallest absolute Gasteiger partial charge is 0.253 e. The van der Waals surface area contributed by atoms with Gasteiger partial charge in [0.25, 0.3) is 5.91 Å². The topological polar surface area (TPSA) is 75.2 Å². The van der Waals surface area contributed by atoms with Crippen LogP contribution in [0.5, 0.6) is 0 Å². The summed E-state index contributed by atoms with van der Waals surface area (Å²) in [7, 11) is 0. The molecule has 1 aliphatic carbocycles. The largest absolute Gasteiger partial charge is 0.349 e. The van der Waals surface area contributed by atoms with E-state index in [1.165, 1.54) is 0 Å². The zero-order chi connectivity index (χ0) is 21.4. The molecule has 1 saturated heterocycles. The second-order valence-corrected chi connectivity index (χ2v) is 8.82. The Bertz CT molecular complexity index is 1150. The van der Waals surface area contributed by atoms with Crippen molar-refractivity contribution in [3.63, 3.8) is 0 Å². The molecule has 0 atom stereocenters. The van der Waals surface area contributed by atoms with E-state index < -0.39 is 0 Å². The van der Waals surface area contributed by atoms with Crippen LogP contribution in [0.2, 0.25) is 5.02 Å². The number of nitrogens with one attached hydrogen (secondary N) is 1. The summed E-state index contributed by atoms with van der Waals surface area (Å²) in [6.45, 7) is 0.689. The van der Waals surface area contributed by atoms with Crippen molar-refractivity contribution in [1.82, 2.24) is 15.3 Å². The van der Waals surface area contributed by atoms with Gasteiger partial charge in [-0.3, -0.25) is 19.6 Å². The van der Waals surface area contributed by atoms with Gasteiger partial charge in [0, 0.05) is 25.0 Å². The summed E-state index contributed by atoms with van der Waals surface area (Å²) >= 11 is 6.33. The maximum Gasteiger partial charge on any atom is 0.253 e. The Morgan fingerprint density at radius 2 is 1.81 bits per heavy atom. The van der Waals surface area contributed by atoms with Gasteiger partial charge in [0.2, 0.25) is 5.91 Å². The summed E-state index contributed by atoms with van der Waals surface area (Å²) < 4.78 is 0. The number of benzene rings is 2. The van der Waals surface area contributed by atoms with Gasteiger partial charge in [0.1, 0.15) is 5.52 Å². The molecule has 31 heavy (non-hydrogen) atoms. The number of hydrogen-bond acceptors (Lipinski definition) is 4. The number of carbonyl (C=O) groups excluding carboxylic acids is 2. The van der Waals surface area contributed by atoms with Crippen molar-refractivity contribution in [2.75, 3.05) is 11.4 Å². The van der Waals surface area contributed by atoms with Crippen molar-refractivity contribution in [1.29, 1.82) is 0 Å². The molecule has 3 aromatic rings. The molecule has 6 nitrogen and oxygen atoms in total. The Hall–Kier alpha value is -2.99. The van der Waals surface area contributed by atoms with Crippen LogP contribution in [0.3, 0.4) is 0 Å². The molecule has 158 valence electrons. The van der Waals surface area contributed by atoms with Crippen LogP contribution in [0.25, 0.3) is 11.0 Å². The third kappa shape index (κ3) is 3.55. The second-order valence-electron chi connectivity index (χ2n) is 8.42. The van der Waals surface area contributed by atoms with Crippen LogP contribution in [-0.4, -0.2) is 34.4 Å². The van der Waals surface area contributed by atoms with Crippen LogP contribution in [0, 0.1) is 5.41 Å². The van der Waals surface area contributed by atoms with Crippen molar-refractivity contribution in [2.24, 2.45) is 5.41 Å². The minimum atomic E-state index is -0.342. The monoisotopic (exact) mass is 434 g/mol. The summed E-state index contributed by atoms with van der Waals surface area (Å²) in [6, 6.07) is 13.0. The molecular formula is C24H23ClN4O2. The number of hydrogen-bond donors (Lipinski definition) is 1. The van der Waals surface area contributed by atoms with E-state index >= 15 is 0 Å². The lowest BCUT2D eigenvalue weighted by atomic mass is 9.71. The Morgan fingerprint density at radius 1 is 1.03 bits per heavy atom. The van der Waals surface area contributed by atoms with E-state index in [9.17, 15) is 9.59 Å². The number of nitrogens with zero attached hydrogens (tertiary/aromatic N) is 3. The Balaban J connectivity index is 1.26. The van der Waals surface area contributed by atoms with Crippen molar-refractivity contribution in [3.05, 3.63) is 65.4 Å². The van der Waals surface area contributed by atoms with Crippen LogP contribution in [0.15, 0.2) is 54.9 Å². The van der Waals surface area contributed by atoms with Gasteiger partial charge in [0.05, 0.1) is 27.2 Å². The fourth-order valence-corrected chi connectivity index (χ4v) is 5.18. The number of anilines is 1. The number of carbonyl (C=O) groups is 2. The first kappa shape index (κ1) is 19.9. The van der Waals surface area contributed by atoms with Gasteiger partial charge >= 0.3 is 0 Å². The van der Waals surface area contributed by atoms with Gasteiger partial charge in [-0.2, -0.15) is 0 Å². The fourth-order valence-electron chi connectivity index (χ4n) is 4.94. The van der Waals surface area contributed by atoms with Crippen molar-refractivity contribution in [3.8, 4) is 0 Å². The molecule has 1 N–H and O–H groups in total. The highest BCUT2D eigenvalue weighted by atomic mass is 35.5. The second kappa shape index (κ2) is 7.93. The standard InChI is InChI=1S/C24H23ClN4O2/c25-18-5-1-2-7-20(18)29-15-12-24(23(29)31)10-8-16(9-11-24)28-22(30)17-4-3-6-19-21(17)27-14-13-26-19/h1-7,13-14,16H,8-12,15H2,(H,28,30). The Labute approximate surface area is 185 Å². The van der Waals surface area contributed by atoms with Gasteiger partial charge in [-0.1, -0.05) is 29.8 Å². The summed E-state index contributed by atoms with van der Waals surface area (Å²) in [5.74, 6) is 0.0252. The van der Waals surface area contributed by atoms with Crippen molar-refractivity contribution < 1.29 is 9.59 Å². The van der Waals surface area contributed by atoms with Crippen LogP contribution in [0.1, 0.15) is 42.5 Å². The lowest BCUT2D eigenvalue weighted by Gasteiger charge is -2.36. The lowest BCUT2D eigenvalue weighted by Crippen LogP contribution is -2.44. The molecule has 2 amide bonds. The van der Waals surface area contributed by atoms with Crippen molar-refractivity contribution in [2.45, 2.75) is 38.1 Å². The number of para-hydroxylation sites is 2. The van der Waals surface area contributed by atoms with E-state index in [4.69, 9.17) is 11.6 Å². The van der Waals surface area contributed by atoms with Gasteiger partial charge in [0.15, 0.2) is 0 Å². The van der Waals surface area contributed by atoms with Crippen LogP contribution >= 0.6 is 11.6 Å². The zero-order valence-electron chi connectivity index (χ0n) is 17.1. The molecule has 1 saturated carbocycles. The molecule has 2 aliphatic rings. The highest BCUT2D eigenvalue weighted by molar-refractivity contribution is 6.34. The van der Waals surface area contributed by atoms with E-state index in [1.54, 1.807) is 18.5 Å². The van der Waals surface area contributed by atoms with E-state index in [0.29, 0.717) is 28.2 Å². The van der Waals surface area contributed by atoms with E-state index in [-0.39, 0.29) is 23.3 Å². The number of aromatic nitrogens is 2. The normalized spacial score (nSPS) is 23.5.